The number of carbonyl (C=O) groups is 4. The van der Waals surface area contributed by atoms with E-state index in [0.29, 0.717) is 89.8 Å². The van der Waals surface area contributed by atoms with Gasteiger partial charge in [0, 0.05) is 76.7 Å². The van der Waals surface area contributed by atoms with E-state index in [4.69, 9.17) is 23.7 Å². The molecule has 0 unspecified atom stereocenters. The van der Waals surface area contributed by atoms with Gasteiger partial charge in [0.05, 0.1) is 32.3 Å². The van der Waals surface area contributed by atoms with E-state index in [1.807, 2.05) is 34.4 Å². The number of likely N-dealkylation sites (N-methyl/N-ethyl adjacent to an activating group) is 4. The number of esters is 4. The average molecular weight is 715 g/mol. The lowest BCUT2D eigenvalue weighted by Gasteiger charge is -2.21. The Labute approximate surface area is 288 Å². The molecule has 16 heteroatoms. The summed E-state index contributed by atoms with van der Waals surface area (Å²) in [5.74, 6) is 1.29. The van der Waals surface area contributed by atoms with Gasteiger partial charge >= 0.3 is 23.9 Å². The normalized spacial score (nSPS) is 11.4. The summed E-state index contributed by atoms with van der Waals surface area (Å²) in [5, 5.41) is 0. The lowest BCUT2D eigenvalue weighted by molar-refractivity contribution is -0.145. The van der Waals surface area contributed by atoms with Crippen LogP contribution in [0.4, 0.5) is 0 Å². The molecule has 0 aromatic rings. The van der Waals surface area contributed by atoms with Gasteiger partial charge in [-0.25, -0.2) is 0 Å². The molecule has 0 atom stereocenters. The molecule has 0 spiro atoms. The largest absolute Gasteiger partial charge is 0.465 e. The molecule has 0 aromatic heterocycles. The first-order valence-corrected chi connectivity index (χ1v) is 19.5. The molecule has 0 fully saturated rings. The van der Waals surface area contributed by atoms with Gasteiger partial charge in [-0.2, -0.15) is 11.8 Å². The Hall–Kier alpha value is -1.27. The first kappa shape index (κ1) is 44.7. The van der Waals surface area contributed by atoms with Crippen LogP contribution in [0.5, 0.6) is 0 Å². The molecular weight excluding hydrogens is 657 g/mol. The van der Waals surface area contributed by atoms with Gasteiger partial charge in [0.25, 0.3) is 0 Å². The van der Waals surface area contributed by atoms with Crippen LogP contribution in [0.1, 0.15) is 25.7 Å². The van der Waals surface area contributed by atoms with Crippen molar-refractivity contribution in [1.82, 2.24) is 19.6 Å². The minimum Gasteiger partial charge on any atom is -0.465 e. The van der Waals surface area contributed by atoms with Crippen LogP contribution < -0.4 is 0 Å². The van der Waals surface area contributed by atoms with Crippen LogP contribution in [-0.4, -0.2) is 188 Å². The molecule has 0 saturated carbocycles. The Balaban J connectivity index is 3.68. The number of carbonyl (C=O) groups excluding carboxylic acids is 4. The summed E-state index contributed by atoms with van der Waals surface area (Å²) < 4.78 is 25.7. The number of hydrogen-bond donors (Lipinski definition) is 0. The van der Waals surface area contributed by atoms with Gasteiger partial charge in [-0.3, -0.25) is 19.2 Å². The van der Waals surface area contributed by atoms with E-state index < -0.39 is 0 Å². The third-order valence-electron chi connectivity index (χ3n) is 6.56. The topological polar surface area (TPSA) is 127 Å². The van der Waals surface area contributed by atoms with Crippen LogP contribution in [0.3, 0.4) is 0 Å². The summed E-state index contributed by atoms with van der Waals surface area (Å²) in [6.07, 6.45) is 3.33. The minimum atomic E-state index is -0.234. The molecule has 0 aromatic carbocycles. The zero-order chi connectivity index (χ0) is 34.4. The zero-order valence-electron chi connectivity index (χ0n) is 28.8. The van der Waals surface area contributed by atoms with E-state index in [1.165, 1.54) is 0 Å². The molecule has 0 radical (unpaired) electrons. The molecule has 46 heavy (non-hydrogen) atoms. The number of ether oxygens (including phenoxy) is 5. The fraction of sp³-hybridized carbons (Fsp3) is 0.867. The van der Waals surface area contributed by atoms with Crippen molar-refractivity contribution in [3.05, 3.63) is 0 Å². The van der Waals surface area contributed by atoms with Gasteiger partial charge in [0.15, 0.2) is 0 Å². The second-order valence-electron chi connectivity index (χ2n) is 10.7. The van der Waals surface area contributed by atoms with E-state index in [9.17, 15) is 19.2 Å². The van der Waals surface area contributed by atoms with E-state index in [1.54, 1.807) is 40.5 Å². The first-order valence-electron chi connectivity index (χ1n) is 15.7. The predicted molar refractivity (Wildman–Crippen MR) is 187 cm³/mol. The molecule has 0 saturated heterocycles. The first-order chi connectivity index (χ1) is 22.1. The lowest BCUT2D eigenvalue weighted by Crippen LogP contribution is -2.33. The zero-order valence-corrected chi connectivity index (χ0v) is 31.3. The number of hydrogen-bond acceptors (Lipinski definition) is 16. The highest BCUT2D eigenvalue weighted by atomic mass is 33.1. The molecule has 0 bridgehead atoms. The third kappa shape index (κ3) is 30.1. The molecule has 0 aliphatic heterocycles. The average Bonchev–Trinajstić information content (AvgIpc) is 3.03. The van der Waals surface area contributed by atoms with Crippen LogP contribution in [0, 0.1) is 0 Å². The van der Waals surface area contributed by atoms with Crippen molar-refractivity contribution < 1.29 is 42.9 Å². The smallest absolute Gasteiger partial charge is 0.307 e. The summed E-state index contributed by atoms with van der Waals surface area (Å²) in [6.45, 7) is 7.39. The predicted octanol–water partition coefficient (Wildman–Crippen LogP) is 1.84. The molecule has 0 aliphatic carbocycles. The van der Waals surface area contributed by atoms with Crippen molar-refractivity contribution in [2.24, 2.45) is 0 Å². The fourth-order valence-electron chi connectivity index (χ4n) is 3.52. The molecule has 0 N–H and O–H groups in total. The van der Waals surface area contributed by atoms with Crippen LogP contribution in [0.25, 0.3) is 0 Å². The standard InChI is InChI=1S/C30H58N4O9S3/c1-31(11-7-27(35)40-20-19-39-5)15-16-33(3)13-9-29(37)42-22-25-45-46-26-23-43-30(38)10-14-34(4)18-17-32(2)12-8-28(36)41-21-24-44-6/h7-26H2,1-6H3. The Kier molecular flexibility index (Phi) is 30.2. The van der Waals surface area contributed by atoms with Crippen molar-refractivity contribution in [2.75, 3.05) is 144 Å². The summed E-state index contributed by atoms with van der Waals surface area (Å²) in [5.41, 5.74) is 0. The van der Waals surface area contributed by atoms with Gasteiger partial charge < -0.3 is 43.3 Å². The second-order valence-corrected chi connectivity index (χ2v) is 14.4. The SMILES string of the molecule is COCCOC(=O)CCN(C)CCN(C)CCC(=O)OCCSSCCOC(=O)CCN(C)CCN(C)CCC(=O)OCCSC. The maximum Gasteiger partial charge on any atom is 0.307 e. The van der Waals surface area contributed by atoms with Gasteiger partial charge in [-0.05, 0) is 34.4 Å². The summed E-state index contributed by atoms with van der Waals surface area (Å²) >= 11 is 1.65. The summed E-state index contributed by atoms with van der Waals surface area (Å²) in [6, 6.07) is 0. The van der Waals surface area contributed by atoms with Crippen LogP contribution in [0.2, 0.25) is 0 Å². The van der Waals surface area contributed by atoms with Gasteiger partial charge in [0.1, 0.15) is 26.4 Å². The van der Waals surface area contributed by atoms with Gasteiger partial charge in [-0.1, -0.05) is 21.6 Å². The Bertz CT molecular complexity index is 754. The van der Waals surface area contributed by atoms with Crippen LogP contribution in [0.15, 0.2) is 0 Å². The molecule has 0 heterocycles. The quantitative estimate of drug-likeness (QED) is 0.0448. The fourth-order valence-corrected chi connectivity index (χ4v) is 5.43. The number of nitrogens with zero attached hydrogens (tertiary/aromatic N) is 4. The molecule has 0 amide bonds. The monoisotopic (exact) mass is 714 g/mol. The van der Waals surface area contributed by atoms with Crippen molar-refractivity contribution in [1.29, 1.82) is 0 Å². The highest BCUT2D eigenvalue weighted by molar-refractivity contribution is 8.76. The second kappa shape index (κ2) is 31.0. The number of methoxy groups -OCH3 is 1. The van der Waals surface area contributed by atoms with E-state index in [-0.39, 0.29) is 30.5 Å². The minimum absolute atomic E-state index is 0.169. The highest BCUT2D eigenvalue weighted by Crippen LogP contribution is 2.20. The van der Waals surface area contributed by atoms with E-state index >= 15 is 0 Å². The molecule has 13 nitrogen and oxygen atoms in total. The van der Waals surface area contributed by atoms with Crippen molar-refractivity contribution in [3.8, 4) is 0 Å². The molecular formula is C30H58N4O9S3. The van der Waals surface area contributed by atoms with Crippen molar-refractivity contribution in [2.45, 2.75) is 25.7 Å². The van der Waals surface area contributed by atoms with Crippen LogP contribution >= 0.6 is 33.3 Å². The van der Waals surface area contributed by atoms with Gasteiger partial charge in [-0.15, -0.1) is 0 Å². The van der Waals surface area contributed by atoms with Crippen molar-refractivity contribution in [3.63, 3.8) is 0 Å². The molecule has 270 valence electrons. The number of thioether (sulfide) groups is 1. The lowest BCUT2D eigenvalue weighted by atomic mass is 10.3. The highest BCUT2D eigenvalue weighted by Gasteiger charge is 2.11. The summed E-state index contributed by atoms with van der Waals surface area (Å²) in [4.78, 5) is 55.7. The van der Waals surface area contributed by atoms with E-state index in [0.717, 1.165) is 31.9 Å². The summed E-state index contributed by atoms with van der Waals surface area (Å²) in [7, 11) is 12.6. The Morgan fingerprint density at radius 3 is 1.07 bits per heavy atom. The number of rotatable bonds is 31. The molecule has 0 aliphatic rings. The third-order valence-corrected chi connectivity index (χ3v) is 9.47. The van der Waals surface area contributed by atoms with E-state index in [2.05, 4.69) is 19.6 Å². The van der Waals surface area contributed by atoms with Crippen LogP contribution in [-0.2, 0) is 42.9 Å². The maximum atomic E-state index is 12.0. The Morgan fingerprint density at radius 1 is 0.457 bits per heavy atom. The van der Waals surface area contributed by atoms with Gasteiger partial charge in [0.2, 0.25) is 0 Å². The van der Waals surface area contributed by atoms with Crippen molar-refractivity contribution >= 4 is 57.2 Å². The maximum absolute atomic E-state index is 12.0. The molecule has 0 rings (SSSR count). The Morgan fingerprint density at radius 2 is 0.761 bits per heavy atom.